The Morgan fingerprint density at radius 1 is 1.40 bits per heavy atom. The SMILES string of the molecule is CCc1nc(N2CCCCC(SC)C2)c2ccsc2n1. The Bertz CT molecular complexity index is 582. The van der Waals surface area contributed by atoms with E-state index in [1.54, 1.807) is 11.3 Å². The summed E-state index contributed by atoms with van der Waals surface area (Å²) in [5.74, 6) is 2.13. The summed E-state index contributed by atoms with van der Waals surface area (Å²) >= 11 is 3.72. The molecule has 0 amide bonds. The lowest BCUT2D eigenvalue weighted by atomic mass is 10.2. The van der Waals surface area contributed by atoms with Crippen molar-refractivity contribution < 1.29 is 0 Å². The second kappa shape index (κ2) is 6.31. The summed E-state index contributed by atoms with van der Waals surface area (Å²) in [5.41, 5.74) is 0. The highest BCUT2D eigenvalue weighted by atomic mass is 32.2. The third kappa shape index (κ3) is 2.79. The lowest BCUT2D eigenvalue weighted by Gasteiger charge is -2.25. The average molecular weight is 307 g/mol. The second-order valence-electron chi connectivity index (χ2n) is 5.26. The molecule has 0 spiro atoms. The van der Waals surface area contributed by atoms with Crippen LogP contribution < -0.4 is 4.90 Å². The Kier molecular flexibility index (Phi) is 4.46. The molecule has 0 N–H and O–H groups in total. The first kappa shape index (κ1) is 14.1. The van der Waals surface area contributed by atoms with Gasteiger partial charge in [-0.05, 0) is 30.5 Å². The van der Waals surface area contributed by atoms with Crippen LogP contribution in [0.25, 0.3) is 10.2 Å². The summed E-state index contributed by atoms with van der Waals surface area (Å²) < 4.78 is 0. The molecule has 1 unspecified atom stereocenters. The molecule has 1 aliphatic rings. The van der Waals surface area contributed by atoms with Crippen molar-refractivity contribution in [2.24, 2.45) is 0 Å². The Hall–Kier alpha value is -0.810. The molecule has 2 aromatic rings. The van der Waals surface area contributed by atoms with Gasteiger partial charge in [0.2, 0.25) is 0 Å². The van der Waals surface area contributed by atoms with Gasteiger partial charge in [-0.1, -0.05) is 13.3 Å². The zero-order valence-electron chi connectivity index (χ0n) is 12.1. The van der Waals surface area contributed by atoms with Crippen LogP contribution in [-0.4, -0.2) is 34.6 Å². The zero-order valence-corrected chi connectivity index (χ0v) is 13.8. The molecule has 3 heterocycles. The maximum atomic E-state index is 4.84. The van der Waals surface area contributed by atoms with Crippen molar-refractivity contribution in [3.63, 3.8) is 0 Å². The fraction of sp³-hybridized carbons (Fsp3) is 0.600. The van der Waals surface area contributed by atoms with Gasteiger partial charge >= 0.3 is 0 Å². The minimum atomic E-state index is 0.728. The van der Waals surface area contributed by atoms with Gasteiger partial charge < -0.3 is 4.90 Å². The molecule has 1 aliphatic heterocycles. The summed E-state index contributed by atoms with van der Waals surface area (Å²) in [6, 6.07) is 2.17. The quantitative estimate of drug-likeness (QED) is 0.858. The first-order valence-corrected chi connectivity index (χ1v) is 9.50. The van der Waals surface area contributed by atoms with Crippen LogP contribution in [0.2, 0.25) is 0 Å². The minimum Gasteiger partial charge on any atom is -0.355 e. The lowest BCUT2D eigenvalue weighted by molar-refractivity contribution is 0.736. The molecule has 5 heteroatoms. The first-order chi connectivity index (χ1) is 9.81. The molecule has 0 radical (unpaired) electrons. The van der Waals surface area contributed by atoms with Crippen LogP contribution in [0.3, 0.4) is 0 Å². The van der Waals surface area contributed by atoms with Crippen LogP contribution in [-0.2, 0) is 6.42 Å². The lowest BCUT2D eigenvalue weighted by Crippen LogP contribution is -2.30. The number of rotatable bonds is 3. The highest BCUT2D eigenvalue weighted by Gasteiger charge is 2.21. The van der Waals surface area contributed by atoms with E-state index in [2.05, 4.69) is 34.5 Å². The topological polar surface area (TPSA) is 29.0 Å². The maximum absolute atomic E-state index is 4.84. The molecule has 1 fully saturated rings. The molecule has 1 saturated heterocycles. The number of thioether (sulfide) groups is 1. The second-order valence-corrected chi connectivity index (χ2v) is 7.29. The standard InChI is InChI=1S/C15H21N3S2/c1-3-13-16-14(12-7-9-20-15(12)17-13)18-8-5-4-6-11(10-18)19-2/h7,9,11H,3-6,8,10H2,1-2H3. The number of hydrogen-bond donors (Lipinski definition) is 0. The van der Waals surface area contributed by atoms with E-state index < -0.39 is 0 Å². The molecule has 3 rings (SSSR count). The normalized spacial score (nSPS) is 20.3. The van der Waals surface area contributed by atoms with Crippen molar-refractivity contribution in [2.75, 3.05) is 24.2 Å². The predicted octanol–water partition coefficient (Wildman–Crippen LogP) is 3.98. The fourth-order valence-corrected chi connectivity index (χ4v) is 4.28. The van der Waals surface area contributed by atoms with Gasteiger partial charge in [-0.3, -0.25) is 0 Å². The van der Waals surface area contributed by atoms with E-state index >= 15 is 0 Å². The zero-order chi connectivity index (χ0) is 13.9. The largest absolute Gasteiger partial charge is 0.355 e. The monoisotopic (exact) mass is 307 g/mol. The van der Waals surface area contributed by atoms with Crippen molar-refractivity contribution in [1.29, 1.82) is 0 Å². The number of hydrogen-bond acceptors (Lipinski definition) is 5. The highest BCUT2D eigenvalue weighted by molar-refractivity contribution is 7.99. The number of nitrogens with zero attached hydrogens (tertiary/aromatic N) is 3. The Labute approximate surface area is 128 Å². The van der Waals surface area contributed by atoms with Crippen LogP contribution in [0.1, 0.15) is 32.0 Å². The molecule has 3 nitrogen and oxygen atoms in total. The first-order valence-electron chi connectivity index (χ1n) is 7.33. The number of anilines is 1. The van der Waals surface area contributed by atoms with E-state index in [0.29, 0.717) is 0 Å². The van der Waals surface area contributed by atoms with Gasteiger partial charge in [0.05, 0.1) is 5.39 Å². The van der Waals surface area contributed by atoms with Gasteiger partial charge in [-0.2, -0.15) is 11.8 Å². The molecule has 20 heavy (non-hydrogen) atoms. The van der Waals surface area contributed by atoms with E-state index in [0.717, 1.165) is 41.2 Å². The van der Waals surface area contributed by atoms with Gasteiger partial charge in [0.15, 0.2) is 0 Å². The van der Waals surface area contributed by atoms with Gasteiger partial charge in [0, 0.05) is 24.8 Å². The molecule has 0 aliphatic carbocycles. The Morgan fingerprint density at radius 2 is 2.30 bits per heavy atom. The van der Waals surface area contributed by atoms with Crippen molar-refractivity contribution in [3.05, 3.63) is 17.3 Å². The van der Waals surface area contributed by atoms with Gasteiger partial charge in [0.25, 0.3) is 0 Å². The Morgan fingerprint density at radius 3 is 3.10 bits per heavy atom. The van der Waals surface area contributed by atoms with Crippen molar-refractivity contribution in [1.82, 2.24) is 9.97 Å². The smallest absolute Gasteiger partial charge is 0.141 e. The van der Waals surface area contributed by atoms with E-state index in [1.165, 1.54) is 24.6 Å². The van der Waals surface area contributed by atoms with Crippen molar-refractivity contribution >= 4 is 39.1 Å². The molecule has 0 aromatic carbocycles. The van der Waals surface area contributed by atoms with Gasteiger partial charge in [-0.25, -0.2) is 9.97 Å². The third-order valence-electron chi connectivity index (χ3n) is 3.93. The van der Waals surface area contributed by atoms with Crippen LogP contribution in [0.15, 0.2) is 11.4 Å². The maximum Gasteiger partial charge on any atom is 0.141 e. The van der Waals surface area contributed by atoms with Gasteiger partial charge in [-0.15, -0.1) is 11.3 Å². The van der Waals surface area contributed by atoms with Gasteiger partial charge in [0.1, 0.15) is 16.5 Å². The van der Waals surface area contributed by atoms with Crippen molar-refractivity contribution in [3.8, 4) is 0 Å². The highest BCUT2D eigenvalue weighted by Crippen LogP contribution is 2.31. The van der Waals surface area contributed by atoms with E-state index in [9.17, 15) is 0 Å². The summed E-state index contributed by atoms with van der Waals surface area (Å²) in [5, 5.41) is 4.09. The van der Waals surface area contributed by atoms with Crippen LogP contribution in [0.5, 0.6) is 0 Å². The molecule has 2 aromatic heterocycles. The van der Waals surface area contributed by atoms with E-state index in [4.69, 9.17) is 4.98 Å². The van der Waals surface area contributed by atoms with E-state index in [-0.39, 0.29) is 0 Å². The molecular weight excluding hydrogens is 286 g/mol. The number of aryl methyl sites for hydroxylation is 1. The summed E-state index contributed by atoms with van der Waals surface area (Å²) in [6.07, 6.45) is 7.07. The number of aromatic nitrogens is 2. The minimum absolute atomic E-state index is 0.728. The van der Waals surface area contributed by atoms with Crippen LogP contribution in [0.4, 0.5) is 5.82 Å². The molecule has 0 saturated carbocycles. The number of thiophene rings is 1. The van der Waals surface area contributed by atoms with Crippen molar-refractivity contribution in [2.45, 2.75) is 37.9 Å². The predicted molar refractivity (Wildman–Crippen MR) is 90.2 cm³/mol. The van der Waals surface area contributed by atoms with E-state index in [1.807, 2.05) is 11.8 Å². The number of fused-ring (bicyclic) bond motifs is 1. The molecule has 1 atom stereocenters. The van der Waals surface area contributed by atoms with Crippen LogP contribution >= 0.6 is 23.1 Å². The molecule has 0 bridgehead atoms. The fourth-order valence-electron chi connectivity index (χ4n) is 2.77. The summed E-state index contributed by atoms with van der Waals surface area (Å²) in [4.78, 5) is 13.1. The molecule has 108 valence electrons. The third-order valence-corrected chi connectivity index (χ3v) is 5.79. The Balaban J connectivity index is 2.00. The summed E-state index contributed by atoms with van der Waals surface area (Å²) in [7, 11) is 0. The summed E-state index contributed by atoms with van der Waals surface area (Å²) in [6.45, 7) is 4.38. The molecular formula is C15H21N3S2. The average Bonchev–Trinajstić information content (AvgIpc) is 2.82. The van der Waals surface area contributed by atoms with Crippen LogP contribution in [0, 0.1) is 0 Å².